The summed E-state index contributed by atoms with van der Waals surface area (Å²) in [5.41, 5.74) is 0.0764. The Bertz CT molecular complexity index is 640. The van der Waals surface area contributed by atoms with E-state index in [9.17, 15) is 19.8 Å². The summed E-state index contributed by atoms with van der Waals surface area (Å²) in [6.07, 6.45) is 0. The molecule has 0 radical (unpaired) electrons. The maximum Gasteiger partial charge on any atom is 0.371 e. The number of benzene rings is 1. The van der Waals surface area contributed by atoms with Crippen molar-refractivity contribution in [1.29, 1.82) is 0 Å². The van der Waals surface area contributed by atoms with Crippen molar-refractivity contribution < 1.29 is 29.3 Å². The molecule has 1 aromatic carbocycles. The number of amides is 1. The standard InChI is InChI=1S/C13H11NO6/c15-8-3-7(4-9(16)5-8)12(17)14-6-10-1-2-11(20-10)13(18)19/h1-5,15-16H,6H2,(H,14,17)(H,18,19). The van der Waals surface area contributed by atoms with Gasteiger partial charge in [0.2, 0.25) is 5.76 Å². The quantitative estimate of drug-likeness (QED) is 0.669. The van der Waals surface area contributed by atoms with Gasteiger partial charge in [0.05, 0.1) is 6.54 Å². The minimum atomic E-state index is -1.19. The van der Waals surface area contributed by atoms with E-state index in [0.29, 0.717) is 0 Å². The first-order valence-corrected chi connectivity index (χ1v) is 5.59. The summed E-state index contributed by atoms with van der Waals surface area (Å²) in [6.45, 7) is -0.0114. The largest absolute Gasteiger partial charge is 0.508 e. The SMILES string of the molecule is O=C(NCc1ccc(C(=O)O)o1)c1cc(O)cc(O)c1. The van der Waals surface area contributed by atoms with Crippen LogP contribution in [0.3, 0.4) is 0 Å². The number of nitrogens with one attached hydrogen (secondary N) is 1. The molecule has 1 heterocycles. The highest BCUT2D eigenvalue weighted by Gasteiger charge is 2.11. The molecule has 0 spiro atoms. The van der Waals surface area contributed by atoms with Gasteiger partial charge in [0.1, 0.15) is 17.3 Å². The molecule has 1 aromatic heterocycles. The van der Waals surface area contributed by atoms with Crippen LogP contribution in [0, 0.1) is 0 Å². The summed E-state index contributed by atoms with van der Waals surface area (Å²) in [4.78, 5) is 22.4. The van der Waals surface area contributed by atoms with E-state index in [1.54, 1.807) is 0 Å². The normalized spacial score (nSPS) is 10.2. The Morgan fingerprint density at radius 2 is 1.75 bits per heavy atom. The van der Waals surface area contributed by atoms with Gasteiger partial charge < -0.3 is 25.1 Å². The first kappa shape index (κ1) is 13.5. The third-order valence-electron chi connectivity index (χ3n) is 2.46. The highest BCUT2D eigenvalue weighted by molar-refractivity contribution is 5.95. The van der Waals surface area contributed by atoms with Crippen molar-refractivity contribution in [3.8, 4) is 11.5 Å². The zero-order valence-corrected chi connectivity index (χ0v) is 10.2. The van der Waals surface area contributed by atoms with Crippen molar-refractivity contribution >= 4 is 11.9 Å². The van der Waals surface area contributed by atoms with Crippen LogP contribution in [0.25, 0.3) is 0 Å². The van der Waals surface area contributed by atoms with Crippen LogP contribution in [0.1, 0.15) is 26.7 Å². The first-order valence-electron chi connectivity index (χ1n) is 5.59. The number of phenols is 2. The number of rotatable bonds is 4. The maximum atomic E-state index is 11.8. The van der Waals surface area contributed by atoms with Gasteiger partial charge >= 0.3 is 5.97 Å². The van der Waals surface area contributed by atoms with Crippen LogP contribution in [0.2, 0.25) is 0 Å². The number of carboxylic acids is 1. The zero-order valence-electron chi connectivity index (χ0n) is 10.2. The van der Waals surface area contributed by atoms with Gasteiger partial charge in [-0.2, -0.15) is 0 Å². The lowest BCUT2D eigenvalue weighted by molar-refractivity contribution is 0.0660. The van der Waals surface area contributed by atoms with Crippen molar-refractivity contribution in [3.63, 3.8) is 0 Å². The van der Waals surface area contributed by atoms with Crippen LogP contribution in [-0.4, -0.2) is 27.2 Å². The Kier molecular flexibility index (Phi) is 3.60. The van der Waals surface area contributed by atoms with E-state index in [0.717, 1.165) is 6.07 Å². The van der Waals surface area contributed by atoms with E-state index in [-0.39, 0.29) is 35.1 Å². The van der Waals surface area contributed by atoms with Crippen LogP contribution < -0.4 is 5.32 Å². The van der Waals surface area contributed by atoms with Crippen LogP contribution in [-0.2, 0) is 6.54 Å². The highest BCUT2D eigenvalue weighted by Crippen LogP contribution is 2.20. The van der Waals surface area contributed by atoms with E-state index < -0.39 is 11.9 Å². The van der Waals surface area contributed by atoms with Gasteiger partial charge in [-0.25, -0.2) is 4.79 Å². The molecule has 0 saturated heterocycles. The lowest BCUT2D eigenvalue weighted by Crippen LogP contribution is -2.22. The van der Waals surface area contributed by atoms with Gasteiger partial charge in [-0.15, -0.1) is 0 Å². The zero-order chi connectivity index (χ0) is 14.7. The second-order valence-corrected chi connectivity index (χ2v) is 3.99. The van der Waals surface area contributed by atoms with Gasteiger partial charge in [0, 0.05) is 11.6 Å². The molecule has 104 valence electrons. The van der Waals surface area contributed by atoms with Crippen molar-refractivity contribution in [1.82, 2.24) is 5.32 Å². The minimum Gasteiger partial charge on any atom is -0.508 e. The summed E-state index contributed by atoms with van der Waals surface area (Å²) < 4.78 is 4.97. The second-order valence-electron chi connectivity index (χ2n) is 3.99. The number of hydrogen-bond acceptors (Lipinski definition) is 5. The third-order valence-corrected chi connectivity index (χ3v) is 2.46. The van der Waals surface area contributed by atoms with Crippen LogP contribution in [0.4, 0.5) is 0 Å². The molecule has 2 aromatic rings. The van der Waals surface area contributed by atoms with Gasteiger partial charge in [-0.05, 0) is 24.3 Å². The van der Waals surface area contributed by atoms with Crippen molar-refractivity contribution in [3.05, 3.63) is 47.4 Å². The number of carboxylic acid groups (broad SMARTS) is 1. The van der Waals surface area contributed by atoms with Crippen molar-refractivity contribution in [2.75, 3.05) is 0 Å². The molecule has 7 heteroatoms. The summed E-state index contributed by atoms with van der Waals surface area (Å²) in [6, 6.07) is 6.20. The Morgan fingerprint density at radius 1 is 1.10 bits per heavy atom. The van der Waals surface area contributed by atoms with Crippen molar-refractivity contribution in [2.45, 2.75) is 6.54 Å². The number of carbonyl (C=O) groups is 2. The molecule has 4 N–H and O–H groups in total. The average molecular weight is 277 g/mol. The molecule has 0 fully saturated rings. The predicted molar refractivity (Wildman–Crippen MR) is 66.6 cm³/mol. The summed E-state index contributed by atoms with van der Waals surface area (Å²) in [7, 11) is 0. The fourth-order valence-corrected chi connectivity index (χ4v) is 1.58. The average Bonchev–Trinajstić information content (AvgIpc) is 2.83. The molecule has 0 aliphatic rings. The fourth-order valence-electron chi connectivity index (χ4n) is 1.58. The van der Waals surface area contributed by atoms with Crippen LogP contribution in [0.5, 0.6) is 11.5 Å². The predicted octanol–water partition coefficient (Wildman–Crippen LogP) is 1.32. The fraction of sp³-hybridized carbons (Fsp3) is 0.0769. The van der Waals surface area contributed by atoms with Gasteiger partial charge in [0.25, 0.3) is 5.91 Å². The molecular formula is C13H11NO6. The number of carbonyl (C=O) groups excluding carboxylic acids is 1. The lowest BCUT2D eigenvalue weighted by Gasteiger charge is -2.04. The second kappa shape index (κ2) is 5.35. The summed E-state index contributed by atoms with van der Waals surface area (Å²) >= 11 is 0. The van der Waals surface area contributed by atoms with E-state index >= 15 is 0 Å². The molecule has 0 aliphatic carbocycles. The van der Waals surface area contributed by atoms with Crippen molar-refractivity contribution in [2.24, 2.45) is 0 Å². The molecule has 0 bridgehead atoms. The van der Waals surface area contributed by atoms with E-state index in [2.05, 4.69) is 5.32 Å². The van der Waals surface area contributed by atoms with Gasteiger partial charge in [0.15, 0.2) is 0 Å². The molecule has 2 rings (SSSR count). The Labute approximate surface area is 113 Å². The topological polar surface area (TPSA) is 120 Å². The Morgan fingerprint density at radius 3 is 2.30 bits per heavy atom. The molecular weight excluding hydrogens is 266 g/mol. The summed E-state index contributed by atoms with van der Waals surface area (Å²) in [5.74, 6) is -2.14. The van der Waals surface area contributed by atoms with Gasteiger partial charge in [-0.1, -0.05) is 0 Å². The molecule has 1 amide bonds. The minimum absolute atomic E-state index is 0.0114. The number of aromatic hydroxyl groups is 2. The molecule has 7 nitrogen and oxygen atoms in total. The smallest absolute Gasteiger partial charge is 0.371 e. The number of furan rings is 1. The number of aromatic carboxylic acids is 1. The molecule has 20 heavy (non-hydrogen) atoms. The molecule has 0 aliphatic heterocycles. The summed E-state index contributed by atoms with van der Waals surface area (Å²) in [5, 5.41) is 29.7. The van der Waals surface area contributed by atoms with E-state index in [4.69, 9.17) is 9.52 Å². The first-order chi connectivity index (χ1) is 9.45. The molecule has 0 atom stereocenters. The van der Waals surface area contributed by atoms with E-state index in [1.165, 1.54) is 24.3 Å². The Balaban J connectivity index is 2.02. The highest BCUT2D eigenvalue weighted by atomic mass is 16.4. The van der Waals surface area contributed by atoms with Crippen LogP contribution in [0.15, 0.2) is 34.7 Å². The number of hydrogen-bond donors (Lipinski definition) is 4. The molecule has 0 saturated carbocycles. The number of phenolic OH excluding ortho intramolecular Hbond substituents is 2. The monoisotopic (exact) mass is 277 g/mol. The van der Waals surface area contributed by atoms with E-state index in [1.807, 2.05) is 0 Å². The van der Waals surface area contributed by atoms with Crippen LogP contribution >= 0.6 is 0 Å². The lowest BCUT2D eigenvalue weighted by atomic mass is 10.2. The molecule has 0 unspecified atom stereocenters. The maximum absolute atomic E-state index is 11.8. The third kappa shape index (κ3) is 3.08. The Hall–Kier alpha value is -2.96. The van der Waals surface area contributed by atoms with Gasteiger partial charge in [-0.3, -0.25) is 4.79 Å².